The van der Waals surface area contributed by atoms with Crippen molar-refractivity contribution in [3.63, 3.8) is 0 Å². The van der Waals surface area contributed by atoms with Gasteiger partial charge in [0, 0.05) is 18.6 Å². The van der Waals surface area contributed by atoms with Crippen LogP contribution in [0.25, 0.3) is 0 Å². The van der Waals surface area contributed by atoms with Gasteiger partial charge in [0.05, 0.1) is 26.3 Å². The number of ether oxygens (including phenoxy) is 1. The zero-order valence-electron chi connectivity index (χ0n) is 14.8. The minimum Gasteiger partial charge on any atom is -0.379 e. The van der Waals surface area contributed by atoms with Gasteiger partial charge in [-0.3, -0.25) is 28.9 Å². The van der Waals surface area contributed by atoms with Crippen molar-refractivity contribution in [2.45, 2.75) is 26.3 Å². The summed E-state index contributed by atoms with van der Waals surface area (Å²) in [5.74, 6) is -1.72. The number of hydrogen-bond donors (Lipinski definition) is 2. The van der Waals surface area contributed by atoms with Gasteiger partial charge >= 0.3 is 0 Å². The van der Waals surface area contributed by atoms with Crippen molar-refractivity contribution < 1.29 is 28.7 Å². The molecule has 0 saturated carbocycles. The highest BCUT2D eigenvalue weighted by atomic mass is 31.0. The number of hydrogen-bond acceptors (Lipinski definition) is 6. The first-order valence-electron chi connectivity index (χ1n) is 8.19. The van der Waals surface area contributed by atoms with Gasteiger partial charge in [-0.1, -0.05) is 23.1 Å². The molecule has 1 rings (SSSR count). The summed E-state index contributed by atoms with van der Waals surface area (Å²) in [6.45, 7) is 3.77. The predicted molar refractivity (Wildman–Crippen MR) is 95.8 cm³/mol. The average molecular weight is 385 g/mol. The van der Waals surface area contributed by atoms with Gasteiger partial charge in [0.2, 0.25) is 11.8 Å². The van der Waals surface area contributed by atoms with E-state index in [0.717, 1.165) is 4.90 Å². The number of amides is 4. The summed E-state index contributed by atoms with van der Waals surface area (Å²) in [7, 11) is 1.96. The smallest absolute Gasteiger partial charge is 0.253 e. The van der Waals surface area contributed by atoms with Crippen molar-refractivity contribution in [3.05, 3.63) is 12.2 Å². The highest BCUT2D eigenvalue weighted by molar-refractivity contribution is 7.40. The largest absolute Gasteiger partial charge is 0.379 e. The van der Waals surface area contributed by atoms with Crippen LogP contribution in [0, 0.1) is 5.92 Å². The highest BCUT2D eigenvalue weighted by Gasteiger charge is 2.24. The van der Waals surface area contributed by atoms with Crippen molar-refractivity contribution in [3.8, 4) is 0 Å². The van der Waals surface area contributed by atoms with Gasteiger partial charge in [0.15, 0.2) is 5.52 Å². The Bertz CT molecular complexity index is 587. The van der Waals surface area contributed by atoms with Crippen LogP contribution in [0.15, 0.2) is 12.2 Å². The molecule has 0 aromatic carbocycles. The first-order valence-corrected chi connectivity index (χ1v) is 8.76. The second kappa shape index (κ2) is 10.8. The van der Waals surface area contributed by atoms with E-state index in [0.29, 0.717) is 0 Å². The topological polar surface area (TPSA) is 122 Å². The van der Waals surface area contributed by atoms with Crippen LogP contribution in [-0.2, 0) is 28.7 Å². The second-order valence-corrected chi connectivity index (χ2v) is 6.64. The number of rotatable bonds is 11. The molecule has 2 unspecified atom stereocenters. The third-order valence-electron chi connectivity index (χ3n) is 3.54. The molecule has 0 radical (unpaired) electrons. The molecule has 2 atom stereocenters. The van der Waals surface area contributed by atoms with Crippen molar-refractivity contribution in [2.24, 2.45) is 5.92 Å². The Morgan fingerprint density at radius 1 is 1.15 bits per heavy atom. The van der Waals surface area contributed by atoms with Gasteiger partial charge in [0.1, 0.15) is 6.04 Å². The lowest BCUT2D eigenvalue weighted by Gasteiger charge is -2.21. The first kappa shape index (κ1) is 21.9. The number of carbonyl (C=O) groups is 5. The predicted octanol–water partition coefficient (Wildman–Crippen LogP) is -1.02. The Balaban J connectivity index is 2.28. The molecule has 4 amide bonds. The molecular formula is C16H24N3O6P. The van der Waals surface area contributed by atoms with Crippen molar-refractivity contribution in [1.82, 2.24) is 15.5 Å². The van der Waals surface area contributed by atoms with Gasteiger partial charge in [-0.2, -0.15) is 0 Å². The highest BCUT2D eigenvalue weighted by Crippen LogP contribution is 2.04. The van der Waals surface area contributed by atoms with E-state index >= 15 is 0 Å². The van der Waals surface area contributed by atoms with Gasteiger partial charge in [-0.05, 0) is 5.92 Å². The summed E-state index contributed by atoms with van der Waals surface area (Å²) in [5, 5.41) is 5.06. The standard InChI is InChI=1S/C16H24N3O6P/c1-10(2)15(16(24)17-9-14(23)26)18-11(20)5-7-25-8-6-19-12(21)3-4-13(19)22/h3-4,10,15H,5-9,26H2,1-2H3,(H,17,24)(H,18,20). The van der Waals surface area contributed by atoms with Crippen LogP contribution in [0.4, 0.5) is 0 Å². The Morgan fingerprint density at radius 2 is 1.77 bits per heavy atom. The van der Waals surface area contributed by atoms with Crippen LogP contribution >= 0.6 is 9.24 Å². The van der Waals surface area contributed by atoms with Crippen molar-refractivity contribution in [2.75, 3.05) is 26.3 Å². The summed E-state index contributed by atoms with van der Waals surface area (Å²) >= 11 is 0. The number of imide groups is 1. The van der Waals surface area contributed by atoms with Crippen LogP contribution in [-0.4, -0.2) is 66.4 Å². The molecule has 0 bridgehead atoms. The van der Waals surface area contributed by atoms with Crippen LogP contribution in [0.5, 0.6) is 0 Å². The lowest BCUT2D eigenvalue weighted by atomic mass is 10.0. The summed E-state index contributed by atoms with van der Waals surface area (Å²) in [6, 6.07) is -0.752. The zero-order valence-corrected chi connectivity index (χ0v) is 16.0. The van der Waals surface area contributed by atoms with E-state index in [4.69, 9.17) is 4.74 Å². The van der Waals surface area contributed by atoms with Crippen LogP contribution < -0.4 is 10.6 Å². The molecule has 0 spiro atoms. The van der Waals surface area contributed by atoms with Gasteiger partial charge < -0.3 is 15.4 Å². The van der Waals surface area contributed by atoms with Crippen LogP contribution in [0.1, 0.15) is 20.3 Å². The Kier molecular flexibility index (Phi) is 9.09. The fraction of sp³-hybridized carbons (Fsp3) is 0.562. The minimum atomic E-state index is -0.752. The van der Waals surface area contributed by atoms with Crippen molar-refractivity contribution in [1.29, 1.82) is 0 Å². The van der Waals surface area contributed by atoms with Crippen LogP contribution in [0.3, 0.4) is 0 Å². The molecule has 9 nitrogen and oxygen atoms in total. The zero-order chi connectivity index (χ0) is 19.7. The summed E-state index contributed by atoms with van der Waals surface area (Å²) in [6.07, 6.45) is 2.41. The van der Waals surface area contributed by atoms with Gasteiger partial charge in [-0.15, -0.1) is 0 Å². The average Bonchev–Trinajstić information content (AvgIpc) is 2.88. The van der Waals surface area contributed by atoms with Crippen molar-refractivity contribution >= 4 is 38.4 Å². The molecule has 1 aliphatic rings. The molecule has 10 heteroatoms. The second-order valence-electron chi connectivity index (χ2n) is 6.00. The number of nitrogens with zero attached hydrogens (tertiary/aromatic N) is 1. The Morgan fingerprint density at radius 3 is 2.31 bits per heavy atom. The SMILES string of the molecule is CC(C)C(NC(=O)CCOCCN1C(=O)C=CC1=O)C(=O)NCC(=O)P. The first-order chi connectivity index (χ1) is 12.2. The maximum absolute atomic E-state index is 12.0. The van der Waals surface area contributed by atoms with E-state index in [2.05, 4.69) is 10.6 Å². The van der Waals surface area contributed by atoms with Crippen LogP contribution in [0.2, 0.25) is 0 Å². The summed E-state index contributed by atoms with van der Waals surface area (Å²) < 4.78 is 5.26. The quantitative estimate of drug-likeness (QED) is 0.267. The molecule has 26 heavy (non-hydrogen) atoms. The molecular weight excluding hydrogens is 361 g/mol. The fourth-order valence-corrected chi connectivity index (χ4v) is 2.24. The number of nitrogens with one attached hydrogen (secondary N) is 2. The molecule has 0 aliphatic carbocycles. The Hall–Kier alpha value is -2.12. The molecule has 0 aromatic rings. The fourth-order valence-electron chi connectivity index (χ4n) is 2.14. The third-order valence-corrected chi connectivity index (χ3v) is 3.74. The van der Waals surface area contributed by atoms with E-state index in [1.165, 1.54) is 12.2 Å². The summed E-state index contributed by atoms with van der Waals surface area (Å²) in [4.78, 5) is 58.6. The van der Waals surface area contributed by atoms with E-state index < -0.39 is 11.9 Å². The molecule has 0 aromatic heterocycles. The van der Waals surface area contributed by atoms with E-state index in [-0.39, 0.29) is 61.9 Å². The summed E-state index contributed by atoms with van der Waals surface area (Å²) in [5.41, 5.74) is -0.259. The van der Waals surface area contributed by atoms with Gasteiger partial charge in [0.25, 0.3) is 11.8 Å². The lowest BCUT2D eigenvalue weighted by molar-refractivity contribution is -0.138. The maximum atomic E-state index is 12.0. The molecule has 1 aliphatic heterocycles. The molecule has 2 N–H and O–H groups in total. The normalized spacial score (nSPS) is 14.7. The lowest BCUT2D eigenvalue weighted by Crippen LogP contribution is -2.50. The van der Waals surface area contributed by atoms with E-state index in [1.54, 1.807) is 13.8 Å². The molecule has 1 heterocycles. The Labute approximate surface area is 154 Å². The maximum Gasteiger partial charge on any atom is 0.253 e. The molecule has 144 valence electrons. The van der Waals surface area contributed by atoms with E-state index in [1.807, 2.05) is 9.24 Å². The monoisotopic (exact) mass is 385 g/mol. The van der Waals surface area contributed by atoms with Gasteiger partial charge in [-0.25, -0.2) is 0 Å². The minimum absolute atomic E-state index is 0.0270. The number of carbonyl (C=O) groups excluding carboxylic acids is 5. The third kappa shape index (κ3) is 7.41. The van der Waals surface area contributed by atoms with E-state index in [9.17, 15) is 24.0 Å². The molecule has 0 fully saturated rings. The molecule has 0 saturated heterocycles.